The summed E-state index contributed by atoms with van der Waals surface area (Å²) >= 11 is 0. The van der Waals surface area contributed by atoms with Crippen LogP contribution in [0, 0.1) is 0 Å². The first-order valence-corrected chi connectivity index (χ1v) is 9.41. The van der Waals surface area contributed by atoms with Gasteiger partial charge in [0.1, 0.15) is 6.04 Å². The van der Waals surface area contributed by atoms with Crippen molar-refractivity contribution in [3.63, 3.8) is 0 Å². The van der Waals surface area contributed by atoms with Crippen LogP contribution in [-0.4, -0.2) is 29.4 Å². The Labute approximate surface area is 158 Å². The lowest BCUT2D eigenvalue weighted by atomic mass is 10.1. The van der Waals surface area contributed by atoms with E-state index in [1.54, 1.807) is 4.90 Å². The summed E-state index contributed by atoms with van der Waals surface area (Å²) in [6.07, 6.45) is 3.70. The molecule has 3 aromatic rings. The zero-order chi connectivity index (χ0) is 18.8. The van der Waals surface area contributed by atoms with Crippen molar-refractivity contribution >= 4 is 28.4 Å². The topological polar surface area (TPSA) is 65.2 Å². The zero-order valence-corrected chi connectivity index (χ0v) is 15.4. The molecule has 1 aromatic heterocycles. The number of aromatic nitrogens is 1. The molecule has 5 nitrogen and oxygen atoms in total. The number of carbonyl (C=O) groups is 2. The van der Waals surface area contributed by atoms with Crippen molar-refractivity contribution in [3.8, 4) is 0 Å². The minimum Gasteiger partial charge on any atom is -0.361 e. The molecule has 1 aliphatic rings. The highest BCUT2D eigenvalue weighted by Crippen LogP contribution is 2.32. The average molecular weight is 361 g/mol. The Morgan fingerprint density at radius 1 is 1.15 bits per heavy atom. The van der Waals surface area contributed by atoms with E-state index in [2.05, 4.69) is 16.4 Å². The van der Waals surface area contributed by atoms with E-state index in [9.17, 15) is 9.59 Å². The van der Waals surface area contributed by atoms with Gasteiger partial charge in [0.2, 0.25) is 11.8 Å². The standard InChI is InChI=1S/C22H23N3O2/c1-2-21(26)25-19-10-6-3-7-15(19)13-20(25)22(27)23-12-11-16-14-24-18-9-5-4-8-17(16)18/h3-10,14,20,24H,2,11-13H2,1H3,(H,23,27)/t20-/m0/s1. The van der Waals surface area contributed by atoms with Crippen molar-refractivity contribution in [2.45, 2.75) is 32.2 Å². The van der Waals surface area contributed by atoms with E-state index in [0.717, 1.165) is 23.2 Å². The maximum Gasteiger partial charge on any atom is 0.243 e. The molecule has 0 bridgehead atoms. The molecule has 2 aromatic carbocycles. The molecule has 1 atom stereocenters. The molecule has 0 aliphatic carbocycles. The third-order valence-corrected chi connectivity index (χ3v) is 5.22. The number of hydrogen-bond acceptors (Lipinski definition) is 2. The van der Waals surface area contributed by atoms with E-state index < -0.39 is 6.04 Å². The SMILES string of the molecule is CCC(=O)N1c2ccccc2C[C@H]1C(=O)NCCc1c[nH]c2ccccc12. The number of aromatic amines is 1. The summed E-state index contributed by atoms with van der Waals surface area (Å²) in [6, 6.07) is 15.4. The number of anilines is 1. The molecule has 1 aliphatic heterocycles. The lowest BCUT2D eigenvalue weighted by Crippen LogP contribution is -2.48. The average Bonchev–Trinajstić information content (AvgIpc) is 3.29. The van der Waals surface area contributed by atoms with Crippen LogP contribution in [-0.2, 0) is 22.4 Å². The van der Waals surface area contributed by atoms with Gasteiger partial charge in [-0.05, 0) is 29.7 Å². The zero-order valence-electron chi connectivity index (χ0n) is 15.4. The molecule has 2 amide bonds. The van der Waals surface area contributed by atoms with E-state index in [1.807, 2.05) is 55.6 Å². The molecule has 27 heavy (non-hydrogen) atoms. The van der Waals surface area contributed by atoms with Crippen molar-refractivity contribution in [3.05, 3.63) is 65.9 Å². The van der Waals surface area contributed by atoms with Crippen molar-refractivity contribution in [1.82, 2.24) is 10.3 Å². The number of amides is 2. The molecule has 0 saturated carbocycles. The van der Waals surface area contributed by atoms with Gasteiger partial charge in [-0.15, -0.1) is 0 Å². The van der Waals surface area contributed by atoms with Gasteiger partial charge < -0.3 is 10.3 Å². The van der Waals surface area contributed by atoms with Gasteiger partial charge in [-0.2, -0.15) is 0 Å². The van der Waals surface area contributed by atoms with Gasteiger partial charge in [0, 0.05) is 42.2 Å². The molecule has 0 unspecified atom stereocenters. The number of carbonyl (C=O) groups excluding carboxylic acids is 2. The number of rotatable bonds is 5. The van der Waals surface area contributed by atoms with Gasteiger partial charge in [0.25, 0.3) is 0 Å². The normalized spacial score (nSPS) is 15.7. The van der Waals surface area contributed by atoms with Crippen molar-refractivity contribution < 1.29 is 9.59 Å². The van der Waals surface area contributed by atoms with Crippen LogP contribution in [0.2, 0.25) is 0 Å². The number of nitrogens with one attached hydrogen (secondary N) is 2. The largest absolute Gasteiger partial charge is 0.361 e. The molecule has 138 valence electrons. The first-order valence-electron chi connectivity index (χ1n) is 9.41. The molecule has 2 heterocycles. The van der Waals surface area contributed by atoms with Crippen LogP contribution >= 0.6 is 0 Å². The molecule has 0 saturated heterocycles. The summed E-state index contributed by atoms with van der Waals surface area (Å²) in [7, 11) is 0. The maximum absolute atomic E-state index is 12.8. The van der Waals surface area contributed by atoms with Crippen LogP contribution in [0.3, 0.4) is 0 Å². The Morgan fingerprint density at radius 3 is 2.78 bits per heavy atom. The molecule has 2 N–H and O–H groups in total. The third-order valence-electron chi connectivity index (χ3n) is 5.22. The minimum absolute atomic E-state index is 0.0169. The van der Waals surface area contributed by atoms with Crippen LogP contribution in [0.5, 0.6) is 0 Å². The first kappa shape index (κ1) is 17.3. The fourth-order valence-electron chi connectivity index (χ4n) is 3.85. The molecule has 5 heteroatoms. The number of fused-ring (bicyclic) bond motifs is 2. The van der Waals surface area contributed by atoms with Gasteiger partial charge in [0.15, 0.2) is 0 Å². The van der Waals surface area contributed by atoms with Crippen LogP contribution in [0.15, 0.2) is 54.7 Å². The Kier molecular flexibility index (Phi) is 4.67. The van der Waals surface area contributed by atoms with Gasteiger partial charge in [0.05, 0.1) is 0 Å². The lowest BCUT2D eigenvalue weighted by Gasteiger charge is -2.24. The number of nitrogens with zero attached hydrogens (tertiary/aromatic N) is 1. The Hall–Kier alpha value is -3.08. The highest BCUT2D eigenvalue weighted by molar-refractivity contribution is 6.03. The van der Waals surface area contributed by atoms with Crippen LogP contribution < -0.4 is 10.2 Å². The van der Waals surface area contributed by atoms with E-state index in [1.165, 1.54) is 10.9 Å². The summed E-state index contributed by atoms with van der Waals surface area (Å²) in [6.45, 7) is 2.37. The van der Waals surface area contributed by atoms with Crippen molar-refractivity contribution in [2.24, 2.45) is 0 Å². The summed E-state index contributed by atoms with van der Waals surface area (Å²) in [5.74, 6) is -0.107. The second kappa shape index (κ2) is 7.27. The smallest absolute Gasteiger partial charge is 0.243 e. The number of benzene rings is 2. The Bertz CT molecular complexity index is 992. The molecule has 0 radical (unpaired) electrons. The van der Waals surface area contributed by atoms with Crippen molar-refractivity contribution in [2.75, 3.05) is 11.4 Å². The number of para-hydroxylation sites is 2. The second-order valence-electron chi connectivity index (χ2n) is 6.87. The molecule has 4 rings (SSSR count). The summed E-state index contributed by atoms with van der Waals surface area (Å²) in [5.41, 5.74) is 4.20. The fourth-order valence-corrected chi connectivity index (χ4v) is 3.85. The van der Waals surface area contributed by atoms with Crippen LogP contribution in [0.25, 0.3) is 10.9 Å². The third kappa shape index (κ3) is 3.21. The Morgan fingerprint density at radius 2 is 1.93 bits per heavy atom. The minimum atomic E-state index is -0.460. The monoisotopic (exact) mass is 361 g/mol. The lowest BCUT2D eigenvalue weighted by molar-refractivity contribution is -0.126. The molecule has 0 fully saturated rings. The number of H-pyrrole nitrogens is 1. The van der Waals surface area contributed by atoms with E-state index in [0.29, 0.717) is 19.4 Å². The summed E-state index contributed by atoms with van der Waals surface area (Å²) in [5, 5.41) is 4.21. The predicted molar refractivity (Wildman–Crippen MR) is 107 cm³/mol. The molecular formula is C22H23N3O2. The van der Waals surface area contributed by atoms with Crippen molar-refractivity contribution in [1.29, 1.82) is 0 Å². The summed E-state index contributed by atoms with van der Waals surface area (Å²) in [4.78, 5) is 30.2. The van der Waals surface area contributed by atoms with Crippen LogP contribution in [0.4, 0.5) is 5.69 Å². The van der Waals surface area contributed by atoms with Crippen LogP contribution in [0.1, 0.15) is 24.5 Å². The van der Waals surface area contributed by atoms with Gasteiger partial charge >= 0.3 is 0 Å². The Balaban J connectivity index is 1.44. The van der Waals surface area contributed by atoms with Gasteiger partial charge in [-0.1, -0.05) is 43.3 Å². The van der Waals surface area contributed by atoms with Gasteiger partial charge in [-0.3, -0.25) is 14.5 Å². The quantitative estimate of drug-likeness (QED) is 0.733. The highest BCUT2D eigenvalue weighted by atomic mass is 16.2. The van der Waals surface area contributed by atoms with Gasteiger partial charge in [-0.25, -0.2) is 0 Å². The maximum atomic E-state index is 12.8. The summed E-state index contributed by atoms with van der Waals surface area (Å²) < 4.78 is 0. The fraction of sp³-hybridized carbons (Fsp3) is 0.273. The molecule has 0 spiro atoms. The number of hydrogen-bond donors (Lipinski definition) is 2. The molecular weight excluding hydrogens is 338 g/mol. The predicted octanol–water partition coefficient (Wildman–Crippen LogP) is 3.19. The van der Waals surface area contributed by atoms with E-state index in [-0.39, 0.29) is 11.8 Å². The van der Waals surface area contributed by atoms with E-state index in [4.69, 9.17) is 0 Å². The first-order chi connectivity index (χ1) is 13.2. The highest BCUT2D eigenvalue weighted by Gasteiger charge is 2.37. The van der Waals surface area contributed by atoms with E-state index >= 15 is 0 Å². The second-order valence-corrected chi connectivity index (χ2v) is 6.87.